The third-order valence-corrected chi connectivity index (χ3v) is 2.59. The topological polar surface area (TPSA) is 65.5 Å². The second-order valence-corrected chi connectivity index (χ2v) is 3.95. The van der Waals surface area contributed by atoms with Crippen LogP contribution >= 0.6 is 0 Å². The van der Waals surface area contributed by atoms with Crippen molar-refractivity contribution >= 4 is 5.91 Å². The molecule has 2 rings (SSSR count). The number of amides is 1. The van der Waals surface area contributed by atoms with E-state index in [1.165, 1.54) is 24.5 Å². The van der Waals surface area contributed by atoms with Gasteiger partial charge in [0.15, 0.2) is 0 Å². The predicted molar refractivity (Wildman–Crippen MR) is 58.3 cm³/mol. The first-order chi connectivity index (χ1) is 8.45. The van der Waals surface area contributed by atoms with Crippen molar-refractivity contribution in [3.8, 4) is 0 Å². The van der Waals surface area contributed by atoms with Crippen LogP contribution in [0.4, 0.5) is 8.78 Å². The van der Waals surface area contributed by atoms with Gasteiger partial charge in [0.1, 0.15) is 0 Å². The van der Waals surface area contributed by atoms with E-state index in [2.05, 4.69) is 17.0 Å². The van der Waals surface area contributed by atoms with E-state index in [4.69, 9.17) is 0 Å². The maximum absolute atomic E-state index is 12.9. The van der Waals surface area contributed by atoms with Gasteiger partial charge in [-0.25, -0.2) is 13.8 Å². The van der Waals surface area contributed by atoms with Crippen molar-refractivity contribution in [3.05, 3.63) is 42.4 Å². The zero-order valence-electron chi connectivity index (χ0n) is 9.31. The van der Waals surface area contributed by atoms with Crippen molar-refractivity contribution in [2.75, 3.05) is 0 Å². The number of nitrogens with zero attached hydrogens (tertiary/aromatic N) is 2. The lowest BCUT2D eigenvalue weighted by Crippen LogP contribution is -2.55. The Morgan fingerprint density at radius 3 is 2.94 bits per heavy atom. The fourth-order valence-electron chi connectivity index (χ4n) is 1.71. The van der Waals surface area contributed by atoms with Gasteiger partial charge in [-0.2, -0.15) is 0 Å². The van der Waals surface area contributed by atoms with E-state index in [1.807, 2.05) is 0 Å². The lowest BCUT2D eigenvalue weighted by Gasteiger charge is -2.31. The average molecular weight is 255 g/mol. The van der Waals surface area contributed by atoms with E-state index in [-0.39, 0.29) is 11.3 Å². The molecule has 1 aromatic heterocycles. The van der Waals surface area contributed by atoms with Crippen molar-refractivity contribution in [3.63, 3.8) is 0 Å². The Hall–Kier alpha value is -2.02. The molecule has 0 aromatic carbocycles. The lowest BCUT2D eigenvalue weighted by atomic mass is 10.1. The number of hydrazine groups is 1. The molecule has 0 saturated carbocycles. The summed E-state index contributed by atoms with van der Waals surface area (Å²) in [5.41, 5.74) is 0.0205. The first kappa shape index (κ1) is 12.4. The number of hydrogen-bond acceptors (Lipinski definition) is 4. The van der Waals surface area contributed by atoms with E-state index in [1.54, 1.807) is 0 Å². The minimum Gasteiger partial charge on any atom is -0.364 e. The van der Waals surface area contributed by atoms with Crippen molar-refractivity contribution < 1.29 is 18.7 Å². The van der Waals surface area contributed by atoms with Crippen LogP contribution in [0.1, 0.15) is 16.8 Å². The zero-order valence-corrected chi connectivity index (χ0v) is 9.31. The van der Waals surface area contributed by atoms with E-state index in [9.17, 15) is 18.7 Å². The summed E-state index contributed by atoms with van der Waals surface area (Å²) in [4.78, 5) is 15.7. The standard InChI is InChI=1S/C11H11F2N3O2/c1-7-5-11(18,10(12)13)16(15-7)9(17)8-3-2-4-14-6-8/h2-4,6,10,15,18H,1,5H2. The number of halogens is 2. The van der Waals surface area contributed by atoms with Gasteiger partial charge in [0.2, 0.25) is 5.72 Å². The van der Waals surface area contributed by atoms with Crippen LogP contribution in [-0.4, -0.2) is 33.2 Å². The summed E-state index contributed by atoms with van der Waals surface area (Å²) in [6.45, 7) is 3.44. The number of pyridine rings is 1. The Morgan fingerprint density at radius 2 is 2.39 bits per heavy atom. The van der Waals surface area contributed by atoms with Crippen LogP contribution in [0.3, 0.4) is 0 Å². The molecule has 0 aliphatic carbocycles. The van der Waals surface area contributed by atoms with Crippen LogP contribution in [0.15, 0.2) is 36.8 Å². The molecule has 1 aliphatic heterocycles. The molecule has 1 saturated heterocycles. The average Bonchev–Trinajstić information content (AvgIpc) is 2.66. The number of hydrogen-bond donors (Lipinski definition) is 2. The summed E-state index contributed by atoms with van der Waals surface area (Å²) in [5.74, 6) is -0.787. The highest BCUT2D eigenvalue weighted by molar-refractivity contribution is 5.94. The second-order valence-electron chi connectivity index (χ2n) is 3.95. The van der Waals surface area contributed by atoms with Gasteiger partial charge in [0.05, 0.1) is 5.56 Å². The van der Waals surface area contributed by atoms with E-state index >= 15 is 0 Å². The van der Waals surface area contributed by atoms with Gasteiger partial charge >= 0.3 is 0 Å². The highest BCUT2D eigenvalue weighted by Gasteiger charge is 2.51. The first-order valence-electron chi connectivity index (χ1n) is 5.14. The quantitative estimate of drug-likeness (QED) is 0.824. The van der Waals surface area contributed by atoms with Crippen LogP contribution in [0.25, 0.3) is 0 Å². The van der Waals surface area contributed by atoms with E-state index < -0.39 is 24.5 Å². The van der Waals surface area contributed by atoms with Crippen LogP contribution in [0.2, 0.25) is 0 Å². The van der Waals surface area contributed by atoms with E-state index in [0.29, 0.717) is 5.01 Å². The minimum absolute atomic E-state index is 0.0961. The lowest BCUT2D eigenvalue weighted by molar-refractivity contribution is -0.168. The molecule has 7 heteroatoms. The fourth-order valence-corrected chi connectivity index (χ4v) is 1.71. The summed E-state index contributed by atoms with van der Waals surface area (Å²) in [7, 11) is 0. The van der Waals surface area contributed by atoms with Crippen LogP contribution in [0, 0.1) is 0 Å². The van der Waals surface area contributed by atoms with Crippen molar-refractivity contribution in [2.24, 2.45) is 0 Å². The summed E-state index contributed by atoms with van der Waals surface area (Å²) >= 11 is 0. The number of rotatable bonds is 2. The van der Waals surface area contributed by atoms with Gasteiger partial charge in [-0.15, -0.1) is 0 Å². The maximum Gasteiger partial charge on any atom is 0.287 e. The molecule has 1 atom stereocenters. The van der Waals surface area contributed by atoms with Gasteiger partial charge in [0, 0.05) is 24.5 Å². The molecule has 0 bridgehead atoms. The third kappa shape index (κ3) is 1.92. The normalized spacial score (nSPS) is 23.3. The smallest absolute Gasteiger partial charge is 0.287 e. The van der Waals surface area contributed by atoms with Gasteiger partial charge in [-0.1, -0.05) is 6.58 Å². The Labute approximate surface area is 102 Å². The summed E-state index contributed by atoms with van der Waals surface area (Å²) in [5, 5.41) is 10.3. The molecule has 1 aliphatic rings. The number of nitrogens with one attached hydrogen (secondary N) is 1. The molecule has 1 fully saturated rings. The molecule has 5 nitrogen and oxygen atoms in total. The summed E-state index contributed by atoms with van der Waals surface area (Å²) in [6.07, 6.45) is -0.843. The molecule has 96 valence electrons. The Bertz CT molecular complexity index is 480. The predicted octanol–water partition coefficient (Wildman–Crippen LogP) is 0.899. The minimum atomic E-state index is -3.11. The highest BCUT2D eigenvalue weighted by Crippen LogP contribution is 2.32. The number of alkyl halides is 2. The third-order valence-electron chi connectivity index (χ3n) is 2.59. The Balaban J connectivity index is 2.32. The van der Waals surface area contributed by atoms with Crippen LogP contribution in [-0.2, 0) is 0 Å². The monoisotopic (exact) mass is 255 g/mol. The van der Waals surface area contributed by atoms with Gasteiger partial charge in [-0.05, 0) is 12.1 Å². The van der Waals surface area contributed by atoms with Gasteiger partial charge < -0.3 is 5.11 Å². The maximum atomic E-state index is 12.9. The first-order valence-corrected chi connectivity index (χ1v) is 5.14. The molecule has 2 heterocycles. The van der Waals surface area contributed by atoms with Crippen LogP contribution in [0.5, 0.6) is 0 Å². The number of carbonyl (C=O) groups is 1. The molecule has 0 radical (unpaired) electrons. The summed E-state index contributed by atoms with van der Waals surface area (Å²) < 4.78 is 25.8. The van der Waals surface area contributed by atoms with Crippen molar-refractivity contribution in [1.82, 2.24) is 15.4 Å². The number of aliphatic hydroxyl groups is 1. The van der Waals surface area contributed by atoms with Crippen molar-refractivity contribution in [2.45, 2.75) is 18.6 Å². The Kier molecular flexibility index (Phi) is 3.00. The van der Waals surface area contributed by atoms with E-state index in [0.717, 1.165) is 0 Å². The molecule has 18 heavy (non-hydrogen) atoms. The molecule has 0 spiro atoms. The Morgan fingerprint density at radius 1 is 1.67 bits per heavy atom. The molecular weight excluding hydrogens is 244 g/mol. The molecular formula is C11H11F2N3O2. The SMILES string of the molecule is C=C1CC(O)(C(F)F)N(C(=O)c2cccnc2)N1. The number of aromatic nitrogens is 1. The fraction of sp³-hybridized carbons (Fsp3) is 0.273. The van der Waals surface area contributed by atoms with Gasteiger partial charge in [-0.3, -0.25) is 15.2 Å². The highest BCUT2D eigenvalue weighted by atomic mass is 19.3. The largest absolute Gasteiger partial charge is 0.364 e. The van der Waals surface area contributed by atoms with Crippen molar-refractivity contribution in [1.29, 1.82) is 0 Å². The number of carbonyl (C=O) groups excluding carboxylic acids is 1. The molecule has 2 N–H and O–H groups in total. The van der Waals surface area contributed by atoms with Crippen LogP contribution < -0.4 is 5.43 Å². The summed E-state index contributed by atoms with van der Waals surface area (Å²) in [6, 6.07) is 2.92. The van der Waals surface area contributed by atoms with Gasteiger partial charge in [0.25, 0.3) is 12.3 Å². The molecule has 1 aromatic rings. The molecule has 1 amide bonds. The zero-order chi connectivity index (χ0) is 13.3. The second kappa shape index (κ2) is 4.34. The molecule has 1 unspecified atom stereocenters.